The molecule has 0 atom stereocenters. The van der Waals surface area contributed by atoms with Gasteiger partial charge in [0.05, 0.1) is 6.20 Å². The van der Waals surface area contributed by atoms with Crippen molar-refractivity contribution in [2.45, 2.75) is 23.8 Å². The first-order chi connectivity index (χ1) is 8.06. The van der Waals surface area contributed by atoms with Crippen LogP contribution in [0.4, 0.5) is 10.3 Å². The summed E-state index contributed by atoms with van der Waals surface area (Å²) in [7, 11) is 0. The number of nitrogens with zero attached hydrogens (tertiary/aromatic N) is 2. The van der Waals surface area contributed by atoms with Gasteiger partial charge in [-0.3, -0.25) is 0 Å². The lowest BCUT2D eigenvalue weighted by Gasteiger charge is -2.06. The summed E-state index contributed by atoms with van der Waals surface area (Å²) in [5, 5.41) is 0.256. The van der Waals surface area contributed by atoms with Gasteiger partial charge in [0.25, 0.3) is 0 Å². The lowest BCUT2D eigenvalue weighted by Crippen LogP contribution is -1.98. The van der Waals surface area contributed by atoms with Crippen LogP contribution in [0.2, 0.25) is 0 Å². The molecule has 0 aliphatic heterocycles. The summed E-state index contributed by atoms with van der Waals surface area (Å²) in [6, 6.07) is 6.02. The average molecular weight is 249 g/mol. The van der Waals surface area contributed by atoms with Gasteiger partial charge in [0, 0.05) is 4.90 Å². The van der Waals surface area contributed by atoms with Crippen molar-refractivity contribution in [2.24, 2.45) is 0 Å². The van der Waals surface area contributed by atoms with Crippen molar-refractivity contribution >= 4 is 17.7 Å². The third kappa shape index (κ3) is 2.74. The van der Waals surface area contributed by atoms with Crippen LogP contribution >= 0.6 is 11.8 Å². The topological polar surface area (TPSA) is 51.8 Å². The summed E-state index contributed by atoms with van der Waals surface area (Å²) < 4.78 is 13.5. The van der Waals surface area contributed by atoms with E-state index in [4.69, 9.17) is 5.73 Å². The fourth-order valence-electron chi connectivity index (χ4n) is 1.36. The Morgan fingerprint density at radius 1 is 1.29 bits per heavy atom. The number of anilines is 1. The first-order valence-electron chi connectivity index (χ1n) is 5.09. The minimum Gasteiger partial charge on any atom is -0.368 e. The second-order valence-electron chi connectivity index (χ2n) is 3.75. The Balaban J connectivity index is 2.37. The number of nitrogens with two attached hydrogens (primary N) is 1. The molecule has 0 amide bonds. The number of aryl methyl sites for hydroxylation is 2. The van der Waals surface area contributed by atoms with Crippen LogP contribution in [0.1, 0.15) is 11.1 Å². The third-order valence-corrected chi connectivity index (χ3v) is 3.42. The molecule has 88 valence electrons. The van der Waals surface area contributed by atoms with Crippen LogP contribution in [0, 0.1) is 19.7 Å². The molecule has 2 N–H and O–H groups in total. The molecule has 3 nitrogen and oxygen atoms in total. The maximum Gasteiger partial charge on any atom is 0.221 e. The molecule has 17 heavy (non-hydrogen) atoms. The molecule has 0 unspecified atom stereocenters. The highest BCUT2D eigenvalue weighted by molar-refractivity contribution is 7.99. The molecule has 0 aliphatic carbocycles. The molecule has 1 heterocycles. The Morgan fingerprint density at radius 2 is 2.06 bits per heavy atom. The number of benzene rings is 1. The Morgan fingerprint density at radius 3 is 2.82 bits per heavy atom. The highest BCUT2D eigenvalue weighted by Crippen LogP contribution is 2.31. The average Bonchev–Trinajstić information content (AvgIpc) is 2.28. The molecule has 0 aliphatic rings. The molecule has 2 rings (SSSR count). The van der Waals surface area contributed by atoms with Crippen molar-refractivity contribution in [3.63, 3.8) is 0 Å². The van der Waals surface area contributed by atoms with Gasteiger partial charge in [0.2, 0.25) is 5.95 Å². The smallest absolute Gasteiger partial charge is 0.221 e. The first kappa shape index (κ1) is 11.9. The molecule has 0 fully saturated rings. The number of hydrogen-bond donors (Lipinski definition) is 1. The van der Waals surface area contributed by atoms with Crippen LogP contribution in [-0.4, -0.2) is 9.97 Å². The summed E-state index contributed by atoms with van der Waals surface area (Å²) in [6.45, 7) is 3.97. The zero-order valence-electron chi connectivity index (χ0n) is 9.57. The van der Waals surface area contributed by atoms with Gasteiger partial charge < -0.3 is 5.73 Å². The van der Waals surface area contributed by atoms with Crippen LogP contribution in [-0.2, 0) is 0 Å². The van der Waals surface area contributed by atoms with Crippen LogP contribution in [0.15, 0.2) is 34.3 Å². The van der Waals surface area contributed by atoms with E-state index in [2.05, 4.69) is 9.97 Å². The Labute approximate surface area is 103 Å². The van der Waals surface area contributed by atoms with Crippen molar-refractivity contribution in [3.05, 3.63) is 41.3 Å². The summed E-state index contributed by atoms with van der Waals surface area (Å²) in [4.78, 5) is 8.47. The molecule has 1 aromatic heterocycles. The van der Waals surface area contributed by atoms with E-state index in [9.17, 15) is 4.39 Å². The van der Waals surface area contributed by atoms with Gasteiger partial charge in [-0.15, -0.1) is 0 Å². The van der Waals surface area contributed by atoms with Crippen LogP contribution in [0.5, 0.6) is 0 Å². The molecule has 0 saturated carbocycles. The maximum absolute atomic E-state index is 13.5. The molecule has 0 spiro atoms. The lowest BCUT2D eigenvalue weighted by atomic mass is 10.2. The first-order valence-corrected chi connectivity index (χ1v) is 5.91. The van der Waals surface area contributed by atoms with E-state index < -0.39 is 5.82 Å². The molecule has 1 aromatic carbocycles. The van der Waals surface area contributed by atoms with Gasteiger partial charge in [-0.05, 0) is 31.0 Å². The third-order valence-electron chi connectivity index (χ3n) is 2.28. The SMILES string of the molecule is Cc1ccc(C)c(Sc2nc(N)ncc2F)c1. The second kappa shape index (κ2) is 4.71. The van der Waals surface area contributed by atoms with E-state index in [0.29, 0.717) is 0 Å². The summed E-state index contributed by atoms with van der Waals surface area (Å²) in [6.07, 6.45) is 1.09. The van der Waals surface area contributed by atoms with Gasteiger partial charge in [0.1, 0.15) is 5.03 Å². The number of hydrogen-bond acceptors (Lipinski definition) is 4. The van der Waals surface area contributed by atoms with Crippen LogP contribution in [0.3, 0.4) is 0 Å². The second-order valence-corrected chi connectivity index (χ2v) is 4.78. The molecular formula is C12H12FN3S. The number of aromatic nitrogens is 2. The van der Waals surface area contributed by atoms with Gasteiger partial charge >= 0.3 is 0 Å². The highest BCUT2D eigenvalue weighted by atomic mass is 32.2. The molecule has 0 bridgehead atoms. The predicted octanol–water partition coefficient (Wildman–Crippen LogP) is 2.97. The largest absolute Gasteiger partial charge is 0.368 e. The van der Waals surface area contributed by atoms with Crippen LogP contribution in [0.25, 0.3) is 0 Å². The number of rotatable bonds is 2. The van der Waals surface area contributed by atoms with Crippen molar-refractivity contribution < 1.29 is 4.39 Å². The monoisotopic (exact) mass is 249 g/mol. The highest BCUT2D eigenvalue weighted by Gasteiger charge is 2.09. The quantitative estimate of drug-likeness (QED) is 0.831. The zero-order valence-corrected chi connectivity index (χ0v) is 10.4. The Kier molecular flexibility index (Phi) is 3.28. The van der Waals surface area contributed by atoms with E-state index in [1.807, 2.05) is 32.0 Å². The summed E-state index contributed by atoms with van der Waals surface area (Å²) >= 11 is 1.26. The minimum absolute atomic E-state index is 0.0826. The van der Waals surface area contributed by atoms with Gasteiger partial charge in [-0.25, -0.2) is 14.4 Å². The van der Waals surface area contributed by atoms with E-state index in [0.717, 1.165) is 22.2 Å². The van der Waals surface area contributed by atoms with Gasteiger partial charge in [-0.2, -0.15) is 0 Å². The lowest BCUT2D eigenvalue weighted by molar-refractivity contribution is 0.580. The van der Waals surface area contributed by atoms with Crippen molar-refractivity contribution in [3.8, 4) is 0 Å². The Bertz CT molecular complexity index is 508. The fourth-order valence-corrected chi connectivity index (χ4v) is 2.33. The fraction of sp³-hybridized carbons (Fsp3) is 0.167. The van der Waals surface area contributed by atoms with Crippen molar-refractivity contribution in [2.75, 3.05) is 5.73 Å². The predicted molar refractivity (Wildman–Crippen MR) is 66.4 cm³/mol. The van der Waals surface area contributed by atoms with Crippen molar-refractivity contribution in [1.82, 2.24) is 9.97 Å². The number of halogens is 1. The summed E-state index contributed by atoms with van der Waals surface area (Å²) in [5.41, 5.74) is 7.65. The van der Waals surface area contributed by atoms with Crippen molar-refractivity contribution in [1.29, 1.82) is 0 Å². The Hall–Kier alpha value is -1.62. The van der Waals surface area contributed by atoms with Gasteiger partial charge in [0.15, 0.2) is 5.82 Å². The molecular weight excluding hydrogens is 237 g/mol. The normalized spacial score (nSPS) is 10.5. The number of nitrogen functional groups attached to an aromatic ring is 1. The molecule has 5 heteroatoms. The van der Waals surface area contributed by atoms with Crippen LogP contribution < -0.4 is 5.73 Å². The minimum atomic E-state index is -0.454. The van der Waals surface area contributed by atoms with E-state index in [1.165, 1.54) is 11.8 Å². The summed E-state index contributed by atoms with van der Waals surface area (Å²) in [5.74, 6) is -0.371. The molecule has 2 aromatic rings. The van der Waals surface area contributed by atoms with E-state index in [-0.39, 0.29) is 11.0 Å². The van der Waals surface area contributed by atoms with E-state index >= 15 is 0 Å². The van der Waals surface area contributed by atoms with Gasteiger partial charge in [-0.1, -0.05) is 23.9 Å². The maximum atomic E-state index is 13.5. The zero-order chi connectivity index (χ0) is 12.4. The van der Waals surface area contributed by atoms with E-state index in [1.54, 1.807) is 0 Å². The molecule has 0 saturated heterocycles. The standard InChI is InChI=1S/C12H12FN3S/c1-7-3-4-8(2)10(5-7)17-11-9(13)6-15-12(14)16-11/h3-6H,1-2H3,(H2,14,15,16). The molecule has 0 radical (unpaired) electrons.